The summed E-state index contributed by atoms with van der Waals surface area (Å²) in [5.41, 5.74) is 2.05. The Morgan fingerprint density at radius 1 is 1.25 bits per heavy atom. The second-order valence-corrected chi connectivity index (χ2v) is 6.00. The maximum atomic E-state index is 12.5. The number of carbonyl (C=O) groups is 2. The van der Waals surface area contributed by atoms with Crippen LogP contribution in [-0.4, -0.2) is 54.3 Å². The molecule has 3 rings (SSSR count). The molecule has 2 aliphatic heterocycles. The molecule has 1 fully saturated rings. The number of benzene rings is 1. The minimum atomic E-state index is -1.00. The van der Waals surface area contributed by atoms with Crippen LogP contribution >= 0.6 is 0 Å². The molecule has 24 heavy (non-hydrogen) atoms. The van der Waals surface area contributed by atoms with Crippen LogP contribution in [0.25, 0.3) is 6.08 Å². The van der Waals surface area contributed by atoms with E-state index >= 15 is 0 Å². The molecule has 1 aromatic carbocycles. The number of hydrogen-bond donors (Lipinski definition) is 1. The highest BCUT2D eigenvalue weighted by Crippen LogP contribution is 2.26. The molecule has 1 saturated heterocycles. The summed E-state index contributed by atoms with van der Waals surface area (Å²) in [5.74, 6) is -0.382. The predicted molar refractivity (Wildman–Crippen MR) is 87.9 cm³/mol. The summed E-state index contributed by atoms with van der Waals surface area (Å²) in [6, 6.07) is 5.71. The number of hydrogen-bond acceptors (Lipinski definition) is 4. The minimum absolute atomic E-state index is 0.0829. The molecule has 1 aromatic rings. The number of fused-ring (bicyclic) bond motifs is 1. The van der Waals surface area contributed by atoms with E-state index in [1.54, 1.807) is 6.08 Å². The molecule has 0 aliphatic carbocycles. The predicted octanol–water partition coefficient (Wildman–Crippen LogP) is 1.73. The van der Waals surface area contributed by atoms with Gasteiger partial charge in [0, 0.05) is 31.8 Å². The lowest BCUT2D eigenvalue weighted by Gasteiger charge is -2.32. The molecule has 6 heteroatoms. The smallest absolute Gasteiger partial charge is 0.323 e. The molecule has 0 radical (unpaired) electrons. The van der Waals surface area contributed by atoms with Crippen molar-refractivity contribution in [2.24, 2.45) is 0 Å². The van der Waals surface area contributed by atoms with Gasteiger partial charge in [-0.2, -0.15) is 0 Å². The molecule has 0 aromatic heterocycles. The number of carboxylic acids is 1. The van der Waals surface area contributed by atoms with Crippen molar-refractivity contribution in [3.05, 3.63) is 35.4 Å². The maximum absolute atomic E-state index is 12.5. The minimum Gasteiger partial charge on any atom is -0.493 e. The topological polar surface area (TPSA) is 76.1 Å². The van der Waals surface area contributed by atoms with Gasteiger partial charge in [0.05, 0.1) is 6.61 Å². The monoisotopic (exact) mass is 331 g/mol. The maximum Gasteiger partial charge on any atom is 0.323 e. The second kappa shape index (κ2) is 7.49. The van der Waals surface area contributed by atoms with Crippen molar-refractivity contribution in [3.63, 3.8) is 0 Å². The van der Waals surface area contributed by atoms with Gasteiger partial charge in [-0.15, -0.1) is 0 Å². The molecule has 0 atom stereocenters. The van der Waals surface area contributed by atoms with E-state index in [2.05, 4.69) is 0 Å². The second-order valence-electron chi connectivity index (χ2n) is 6.00. The van der Waals surface area contributed by atoms with Crippen molar-refractivity contribution < 1.29 is 24.2 Å². The SMILES string of the molecule is O=C(O)CN(C(=O)/C=C/c1ccc2c(c1)CCO2)C1CCOCC1. The highest BCUT2D eigenvalue weighted by molar-refractivity contribution is 5.93. The Kier molecular flexibility index (Phi) is 5.15. The molecule has 6 nitrogen and oxygen atoms in total. The summed E-state index contributed by atoms with van der Waals surface area (Å²) >= 11 is 0. The van der Waals surface area contributed by atoms with Crippen LogP contribution in [0.4, 0.5) is 0 Å². The average molecular weight is 331 g/mol. The number of amides is 1. The first-order valence-corrected chi connectivity index (χ1v) is 8.17. The Hall–Kier alpha value is -2.34. The summed E-state index contributed by atoms with van der Waals surface area (Å²) in [4.78, 5) is 25.0. The van der Waals surface area contributed by atoms with Crippen molar-refractivity contribution in [2.75, 3.05) is 26.4 Å². The van der Waals surface area contributed by atoms with Crippen LogP contribution in [0.3, 0.4) is 0 Å². The summed E-state index contributed by atoms with van der Waals surface area (Å²) in [7, 11) is 0. The van der Waals surface area contributed by atoms with E-state index in [1.165, 1.54) is 11.0 Å². The Morgan fingerprint density at radius 3 is 2.79 bits per heavy atom. The zero-order valence-electron chi connectivity index (χ0n) is 13.4. The number of nitrogens with zero attached hydrogens (tertiary/aromatic N) is 1. The molecule has 0 bridgehead atoms. The fourth-order valence-corrected chi connectivity index (χ4v) is 3.10. The summed E-state index contributed by atoms with van der Waals surface area (Å²) < 4.78 is 10.8. The van der Waals surface area contributed by atoms with E-state index in [0.29, 0.717) is 32.7 Å². The quantitative estimate of drug-likeness (QED) is 0.832. The Morgan fingerprint density at radius 2 is 2.04 bits per heavy atom. The first-order chi connectivity index (χ1) is 11.6. The van der Waals surface area contributed by atoms with Gasteiger partial charge in [0.15, 0.2) is 0 Å². The summed E-state index contributed by atoms with van der Waals surface area (Å²) in [6.45, 7) is 1.52. The third-order valence-electron chi connectivity index (χ3n) is 4.35. The van der Waals surface area contributed by atoms with E-state index in [0.717, 1.165) is 23.3 Å². The summed E-state index contributed by atoms with van der Waals surface area (Å²) in [6.07, 6.45) is 5.40. The van der Waals surface area contributed by atoms with Crippen LogP contribution in [0.2, 0.25) is 0 Å². The molecule has 128 valence electrons. The zero-order valence-corrected chi connectivity index (χ0v) is 13.4. The fraction of sp³-hybridized carbons (Fsp3) is 0.444. The van der Waals surface area contributed by atoms with E-state index in [-0.39, 0.29) is 18.5 Å². The van der Waals surface area contributed by atoms with E-state index in [4.69, 9.17) is 14.6 Å². The summed E-state index contributed by atoms with van der Waals surface area (Å²) in [5, 5.41) is 9.09. The third-order valence-corrected chi connectivity index (χ3v) is 4.35. The molecule has 0 unspecified atom stereocenters. The van der Waals surface area contributed by atoms with Gasteiger partial charge >= 0.3 is 5.97 Å². The van der Waals surface area contributed by atoms with Gasteiger partial charge < -0.3 is 19.5 Å². The van der Waals surface area contributed by atoms with Crippen LogP contribution in [0.5, 0.6) is 5.75 Å². The number of rotatable bonds is 5. The van der Waals surface area contributed by atoms with E-state index < -0.39 is 5.97 Å². The van der Waals surface area contributed by atoms with E-state index in [9.17, 15) is 9.59 Å². The van der Waals surface area contributed by atoms with Gasteiger partial charge in [0.25, 0.3) is 0 Å². The van der Waals surface area contributed by atoms with Gasteiger partial charge in [-0.25, -0.2) is 0 Å². The first-order valence-electron chi connectivity index (χ1n) is 8.17. The number of ether oxygens (including phenoxy) is 2. The molecular formula is C18H21NO5. The molecule has 0 spiro atoms. The Balaban J connectivity index is 1.70. The molecule has 0 saturated carbocycles. The lowest BCUT2D eigenvalue weighted by molar-refractivity contribution is -0.145. The number of carbonyl (C=O) groups excluding carboxylic acids is 1. The zero-order chi connectivity index (χ0) is 16.9. The van der Waals surface area contributed by atoms with Gasteiger partial charge in [0.1, 0.15) is 12.3 Å². The van der Waals surface area contributed by atoms with Crippen LogP contribution in [-0.2, 0) is 20.7 Å². The average Bonchev–Trinajstić information content (AvgIpc) is 3.06. The van der Waals surface area contributed by atoms with Gasteiger partial charge in [-0.05, 0) is 42.2 Å². The van der Waals surface area contributed by atoms with E-state index in [1.807, 2.05) is 18.2 Å². The van der Waals surface area contributed by atoms with Crippen molar-refractivity contribution in [1.82, 2.24) is 4.90 Å². The largest absolute Gasteiger partial charge is 0.493 e. The van der Waals surface area contributed by atoms with Gasteiger partial charge in [0.2, 0.25) is 5.91 Å². The molecule has 2 aliphatic rings. The van der Waals surface area contributed by atoms with Crippen molar-refractivity contribution >= 4 is 18.0 Å². The Bertz CT molecular complexity index is 649. The van der Waals surface area contributed by atoms with Crippen LogP contribution < -0.4 is 4.74 Å². The van der Waals surface area contributed by atoms with Crippen molar-refractivity contribution in [2.45, 2.75) is 25.3 Å². The number of carboxylic acid groups (broad SMARTS) is 1. The Labute approximate surface area is 140 Å². The lowest BCUT2D eigenvalue weighted by Crippen LogP contribution is -2.45. The standard InChI is InChI=1S/C18H21NO5/c20-17(19(12-18(21)22)15-6-8-23-9-7-15)4-2-13-1-3-16-14(11-13)5-10-24-16/h1-4,11,15H,5-10,12H2,(H,21,22)/b4-2+. The van der Waals surface area contributed by atoms with Crippen molar-refractivity contribution in [1.29, 1.82) is 0 Å². The first kappa shape index (κ1) is 16.5. The molecule has 2 heterocycles. The molecular weight excluding hydrogens is 310 g/mol. The highest BCUT2D eigenvalue weighted by Gasteiger charge is 2.26. The van der Waals surface area contributed by atoms with Crippen molar-refractivity contribution in [3.8, 4) is 5.75 Å². The fourth-order valence-electron chi connectivity index (χ4n) is 3.10. The number of aliphatic carboxylic acids is 1. The highest BCUT2D eigenvalue weighted by atomic mass is 16.5. The molecule has 1 N–H and O–H groups in total. The van der Waals surface area contributed by atoms with Gasteiger partial charge in [-0.3, -0.25) is 9.59 Å². The van der Waals surface area contributed by atoms with Crippen LogP contribution in [0, 0.1) is 0 Å². The van der Waals surface area contributed by atoms with Crippen LogP contribution in [0.15, 0.2) is 24.3 Å². The lowest BCUT2D eigenvalue weighted by atomic mass is 10.1. The van der Waals surface area contributed by atoms with Gasteiger partial charge in [-0.1, -0.05) is 6.07 Å². The van der Waals surface area contributed by atoms with Crippen LogP contribution in [0.1, 0.15) is 24.0 Å². The molecule has 1 amide bonds. The third kappa shape index (κ3) is 3.94. The normalized spacial score (nSPS) is 17.5.